The lowest BCUT2D eigenvalue weighted by molar-refractivity contribution is -0.253. The lowest BCUT2D eigenvalue weighted by Crippen LogP contribution is -2.37. The molecule has 0 bridgehead atoms. The van der Waals surface area contributed by atoms with Crippen molar-refractivity contribution >= 4 is 17.6 Å². The van der Waals surface area contributed by atoms with Crippen LogP contribution in [-0.4, -0.2) is 36.4 Å². The van der Waals surface area contributed by atoms with Gasteiger partial charge in [-0.1, -0.05) is 6.07 Å². The van der Waals surface area contributed by atoms with E-state index in [9.17, 15) is 40.3 Å². The van der Waals surface area contributed by atoms with Gasteiger partial charge in [-0.25, -0.2) is 18.0 Å². The van der Waals surface area contributed by atoms with Crippen LogP contribution in [0.15, 0.2) is 36.4 Å². The van der Waals surface area contributed by atoms with Crippen molar-refractivity contribution in [3.05, 3.63) is 59.4 Å². The Bertz CT molecular complexity index is 917. The Morgan fingerprint density at radius 2 is 1.62 bits per heavy atom. The summed E-state index contributed by atoms with van der Waals surface area (Å²) in [4.78, 5) is 24.4. The molecule has 156 valence electrons. The maximum atomic E-state index is 14.0. The summed E-state index contributed by atoms with van der Waals surface area (Å²) < 4.78 is 94.8. The van der Waals surface area contributed by atoms with E-state index in [0.717, 1.165) is 25.2 Å². The van der Waals surface area contributed by atoms with Crippen molar-refractivity contribution in [2.75, 3.05) is 12.4 Å². The number of carbonyl (C=O) groups excluding carboxylic acids is 2. The number of alkyl halides is 4. The van der Waals surface area contributed by atoms with Crippen LogP contribution < -0.4 is 10.1 Å². The monoisotopic (exact) mass is 424 g/mol. The molecule has 0 fully saturated rings. The summed E-state index contributed by atoms with van der Waals surface area (Å²) in [6.07, 6.45) is -9.03. The predicted octanol–water partition coefficient (Wildman–Crippen LogP) is 4.64. The van der Waals surface area contributed by atoms with Crippen molar-refractivity contribution in [3.8, 4) is 5.75 Å². The third-order valence-electron chi connectivity index (χ3n) is 3.48. The van der Waals surface area contributed by atoms with E-state index in [-0.39, 0.29) is 4.90 Å². The molecule has 0 aliphatic rings. The second-order valence-electron chi connectivity index (χ2n) is 5.50. The Morgan fingerprint density at radius 3 is 2.14 bits per heavy atom. The molecule has 0 heterocycles. The van der Waals surface area contributed by atoms with Gasteiger partial charge in [-0.3, -0.25) is 9.69 Å². The van der Waals surface area contributed by atoms with Gasteiger partial charge in [0, 0.05) is 13.1 Å². The van der Waals surface area contributed by atoms with E-state index >= 15 is 0 Å². The minimum Gasteiger partial charge on any atom is -0.428 e. The number of nitrogens with zero attached hydrogens (tertiary/aromatic N) is 1. The summed E-state index contributed by atoms with van der Waals surface area (Å²) in [6, 6.07) is 2.91. The first kappa shape index (κ1) is 22.0. The molecule has 0 atom stereocenters. The predicted molar refractivity (Wildman–Crippen MR) is 85.4 cm³/mol. The molecule has 0 aromatic heterocycles. The smallest absolute Gasteiger partial charge is 0.428 e. The molecule has 0 saturated heterocycles. The number of rotatable bonds is 5. The minimum absolute atomic E-state index is 0.246. The number of carbonyl (C=O) groups is 2. The van der Waals surface area contributed by atoms with Gasteiger partial charge in [0.25, 0.3) is 5.91 Å². The summed E-state index contributed by atoms with van der Waals surface area (Å²) >= 11 is 0. The van der Waals surface area contributed by atoms with Gasteiger partial charge in [-0.15, -0.1) is 0 Å². The number of benzene rings is 2. The number of nitrogens with one attached hydrogen (secondary N) is 1. The fraction of sp³-hybridized carbons (Fsp3) is 0.176. The van der Waals surface area contributed by atoms with Crippen LogP contribution >= 0.6 is 0 Å². The fourth-order valence-electron chi connectivity index (χ4n) is 2.02. The molecular formula is C17H11F7N2O3. The Balaban J connectivity index is 2.15. The van der Waals surface area contributed by atoms with Gasteiger partial charge < -0.3 is 10.1 Å². The maximum Gasteiger partial charge on any atom is 0.461 e. The normalized spacial score (nSPS) is 11.3. The zero-order valence-corrected chi connectivity index (χ0v) is 14.4. The first-order valence-electron chi connectivity index (χ1n) is 7.61. The highest BCUT2D eigenvalue weighted by Gasteiger charge is 2.44. The number of ether oxygens (including phenoxy) is 1. The topological polar surface area (TPSA) is 58.6 Å². The molecule has 3 amide bonds. The van der Waals surface area contributed by atoms with E-state index in [0.29, 0.717) is 18.2 Å². The second-order valence-corrected chi connectivity index (χ2v) is 5.50. The summed E-state index contributed by atoms with van der Waals surface area (Å²) in [5.41, 5.74) is -1.67. The highest BCUT2D eigenvalue weighted by atomic mass is 19.3. The first-order chi connectivity index (χ1) is 13.4. The Hall–Kier alpha value is -3.31. The lowest BCUT2D eigenvalue weighted by Gasteiger charge is -2.19. The van der Waals surface area contributed by atoms with Gasteiger partial charge in [0.2, 0.25) is 0 Å². The number of anilines is 1. The van der Waals surface area contributed by atoms with Crippen molar-refractivity contribution in [2.24, 2.45) is 0 Å². The van der Waals surface area contributed by atoms with Gasteiger partial charge in [0.15, 0.2) is 0 Å². The second kappa shape index (κ2) is 8.37. The van der Waals surface area contributed by atoms with Crippen LogP contribution in [-0.2, 0) is 0 Å². The number of halogens is 7. The Labute approximate surface area is 158 Å². The standard InChI is InChI=1S/C17H11F7N2O3/c1-26(14(27)13-9(18)3-2-4-10(13)19)16(28)25-12-6-5-8(7-11(12)20)29-17(23,24)15(21)22/h2-7,15H,1H3,(H,25,28). The van der Waals surface area contributed by atoms with Crippen molar-refractivity contribution in [1.29, 1.82) is 0 Å². The zero-order valence-electron chi connectivity index (χ0n) is 14.4. The van der Waals surface area contributed by atoms with Gasteiger partial charge in [-0.2, -0.15) is 17.6 Å². The number of hydrogen-bond donors (Lipinski definition) is 1. The quantitative estimate of drug-likeness (QED) is 0.712. The van der Waals surface area contributed by atoms with E-state index in [1.807, 2.05) is 5.32 Å². The van der Waals surface area contributed by atoms with Crippen LogP contribution in [0, 0.1) is 17.5 Å². The van der Waals surface area contributed by atoms with Crippen LogP contribution in [0.5, 0.6) is 5.75 Å². The molecule has 0 aliphatic heterocycles. The van der Waals surface area contributed by atoms with E-state index in [1.165, 1.54) is 0 Å². The molecule has 0 spiro atoms. The molecule has 29 heavy (non-hydrogen) atoms. The third-order valence-corrected chi connectivity index (χ3v) is 3.48. The lowest BCUT2D eigenvalue weighted by atomic mass is 10.2. The summed E-state index contributed by atoms with van der Waals surface area (Å²) in [7, 11) is 0.849. The van der Waals surface area contributed by atoms with Crippen molar-refractivity contribution < 1.29 is 45.1 Å². The van der Waals surface area contributed by atoms with Gasteiger partial charge in [-0.05, 0) is 24.3 Å². The number of urea groups is 1. The van der Waals surface area contributed by atoms with Crippen molar-refractivity contribution in [1.82, 2.24) is 4.90 Å². The third kappa shape index (κ3) is 4.95. The molecule has 2 rings (SSSR count). The van der Waals surface area contributed by atoms with Crippen molar-refractivity contribution in [3.63, 3.8) is 0 Å². The Morgan fingerprint density at radius 1 is 1.03 bits per heavy atom. The number of imide groups is 1. The SMILES string of the molecule is CN(C(=O)Nc1ccc(OC(F)(F)C(F)F)cc1F)C(=O)c1c(F)cccc1F. The molecule has 1 N–H and O–H groups in total. The van der Waals surface area contributed by atoms with E-state index < -0.39 is 58.9 Å². The average molecular weight is 424 g/mol. The Kier molecular flexibility index (Phi) is 6.34. The first-order valence-corrected chi connectivity index (χ1v) is 7.61. The number of hydrogen-bond acceptors (Lipinski definition) is 3. The average Bonchev–Trinajstić information content (AvgIpc) is 2.62. The van der Waals surface area contributed by atoms with Crippen LogP contribution in [0.25, 0.3) is 0 Å². The molecule has 2 aromatic rings. The van der Waals surface area contributed by atoms with Gasteiger partial charge in [0.05, 0.1) is 5.69 Å². The molecule has 2 aromatic carbocycles. The molecule has 0 aliphatic carbocycles. The van der Waals surface area contributed by atoms with E-state index in [1.54, 1.807) is 0 Å². The van der Waals surface area contributed by atoms with Crippen LogP contribution in [0.1, 0.15) is 10.4 Å². The molecule has 0 radical (unpaired) electrons. The molecule has 5 nitrogen and oxygen atoms in total. The maximum absolute atomic E-state index is 14.0. The van der Waals surface area contributed by atoms with E-state index in [2.05, 4.69) is 4.74 Å². The molecule has 0 unspecified atom stereocenters. The summed E-state index contributed by atoms with van der Waals surface area (Å²) in [5.74, 6) is -6.16. The number of amides is 3. The van der Waals surface area contributed by atoms with Crippen LogP contribution in [0.4, 0.5) is 41.2 Å². The largest absolute Gasteiger partial charge is 0.461 e. The molecule has 12 heteroatoms. The van der Waals surface area contributed by atoms with Gasteiger partial charge in [0.1, 0.15) is 28.8 Å². The van der Waals surface area contributed by atoms with Gasteiger partial charge >= 0.3 is 18.6 Å². The highest BCUT2D eigenvalue weighted by Crippen LogP contribution is 2.29. The fourth-order valence-corrected chi connectivity index (χ4v) is 2.02. The molecular weight excluding hydrogens is 413 g/mol. The molecule has 0 saturated carbocycles. The summed E-state index contributed by atoms with van der Waals surface area (Å²) in [6.45, 7) is 0. The highest BCUT2D eigenvalue weighted by molar-refractivity contribution is 6.08. The minimum atomic E-state index is -4.87. The van der Waals surface area contributed by atoms with Crippen molar-refractivity contribution in [2.45, 2.75) is 12.5 Å². The van der Waals surface area contributed by atoms with E-state index in [4.69, 9.17) is 0 Å². The van der Waals surface area contributed by atoms with Crippen LogP contribution in [0.2, 0.25) is 0 Å². The zero-order chi connectivity index (χ0) is 21.9. The summed E-state index contributed by atoms with van der Waals surface area (Å²) in [5, 5.41) is 1.87. The van der Waals surface area contributed by atoms with Crippen LogP contribution in [0.3, 0.4) is 0 Å².